The molecule has 1 heterocycles. The molecule has 0 saturated carbocycles. The Balaban J connectivity index is 0. The molecule has 7 heteroatoms. The van der Waals surface area contributed by atoms with E-state index in [0.717, 1.165) is 31.4 Å². The van der Waals surface area contributed by atoms with Crippen molar-refractivity contribution in [2.24, 2.45) is 5.92 Å². The molecule has 0 unspecified atom stereocenters. The number of hydrogen-bond donors (Lipinski definition) is 1. The molecule has 0 aliphatic carbocycles. The van der Waals surface area contributed by atoms with Crippen LogP contribution < -0.4 is 0 Å². The van der Waals surface area contributed by atoms with Crippen LogP contribution in [0.1, 0.15) is 26.2 Å². The van der Waals surface area contributed by atoms with Crippen molar-refractivity contribution in [1.82, 2.24) is 4.90 Å². The normalized spacial score (nSPS) is 15.0. The van der Waals surface area contributed by atoms with E-state index in [4.69, 9.17) is 21.5 Å². The van der Waals surface area contributed by atoms with Crippen molar-refractivity contribution >= 4 is 18.4 Å². The van der Waals surface area contributed by atoms with E-state index >= 15 is 0 Å². The summed E-state index contributed by atoms with van der Waals surface area (Å²) in [7, 11) is 1.00. The molecule has 1 aliphatic rings. The van der Waals surface area contributed by atoms with Gasteiger partial charge in [0.05, 0.1) is 6.54 Å². The number of alkyl halides is 3. The Hall–Kier alpha value is -1.11. The zero-order valence-corrected chi connectivity index (χ0v) is 15.0. The van der Waals surface area contributed by atoms with E-state index in [1.165, 1.54) is 4.90 Å². The maximum absolute atomic E-state index is 12.0. The summed E-state index contributed by atoms with van der Waals surface area (Å²) in [6.45, 7) is 4.59. The fraction of sp³-hybridized carbons (Fsp3) is 0.588. The van der Waals surface area contributed by atoms with Crippen LogP contribution in [0.4, 0.5) is 13.2 Å². The molecule has 24 heavy (non-hydrogen) atoms. The zero-order valence-electron chi connectivity index (χ0n) is 14.2. The van der Waals surface area contributed by atoms with Crippen molar-refractivity contribution < 1.29 is 23.1 Å². The first kappa shape index (κ1) is 25.1. The lowest BCUT2D eigenvalue weighted by atomic mass is 9.94. The second-order valence-corrected chi connectivity index (χ2v) is 5.47. The Morgan fingerprint density at radius 3 is 1.92 bits per heavy atom. The standard InChI is InChI=1S/C9H16F3N.C6H5Cl.CH4O.CH2O/c1-2-8-3-5-13(6-4-8)7-9(10,11)12;7-6-4-2-1-3-5-6;2*1-2/h8H,2-7H2,1H3;1-5H;2H,1H3;1H2. The SMILES string of the molecule is C=O.CCC1CCN(CC(F)(F)F)CC1.CO.Clc1ccccc1. The van der Waals surface area contributed by atoms with Gasteiger partial charge in [-0.3, -0.25) is 4.90 Å². The number of carbonyl (C=O) groups is 1. The molecule has 3 nitrogen and oxygen atoms in total. The van der Waals surface area contributed by atoms with E-state index in [9.17, 15) is 13.2 Å². The lowest BCUT2D eigenvalue weighted by Crippen LogP contribution is -2.39. The molecular formula is C17H27ClF3NO2. The van der Waals surface area contributed by atoms with Gasteiger partial charge >= 0.3 is 6.18 Å². The molecule has 1 aromatic rings. The van der Waals surface area contributed by atoms with Gasteiger partial charge in [0.1, 0.15) is 6.79 Å². The largest absolute Gasteiger partial charge is 0.401 e. The molecule has 1 aliphatic heterocycles. The Morgan fingerprint density at radius 2 is 1.62 bits per heavy atom. The van der Waals surface area contributed by atoms with Gasteiger partial charge in [-0.25, -0.2) is 0 Å². The number of rotatable bonds is 2. The van der Waals surface area contributed by atoms with Crippen molar-refractivity contribution in [1.29, 1.82) is 0 Å². The van der Waals surface area contributed by atoms with Gasteiger partial charge in [-0.1, -0.05) is 43.1 Å². The van der Waals surface area contributed by atoms with E-state index in [0.29, 0.717) is 19.0 Å². The summed E-state index contributed by atoms with van der Waals surface area (Å²) in [6.07, 6.45) is -1.09. The minimum Gasteiger partial charge on any atom is -0.400 e. The number of benzene rings is 1. The van der Waals surface area contributed by atoms with Gasteiger partial charge in [0.25, 0.3) is 0 Å². The Bertz CT molecular complexity index is 383. The molecule has 0 spiro atoms. The molecule has 1 saturated heterocycles. The molecular weight excluding hydrogens is 343 g/mol. The first-order valence-electron chi connectivity index (χ1n) is 7.64. The van der Waals surface area contributed by atoms with E-state index in [-0.39, 0.29) is 0 Å². The fourth-order valence-corrected chi connectivity index (χ4v) is 2.37. The third-order valence-electron chi connectivity index (χ3n) is 3.42. The molecule has 0 atom stereocenters. The molecule has 1 aromatic carbocycles. The highest BCUT2D eigenvalue weighted by Crippen LogP contribution is 2.23. The number of piperidine rings is 1. The van der Waals surface area contributed by atoms with Gasteiger partial charge in [-0.05, 0) is 44.0 Å². The molecule has 0 bridgehead atoms. The third-order valence-corrected chi connectivity index (χ3v) is 3.67. The molecule has 140 valence electrons. The Labute approximate surface area is 147 Å². The molecule has 1 fully saturated rings. The summed E-state index contributed by atoms with van der Waals surface area (Å²) in [5.41, 5.74) is 0. The number of carbonyl (C=O) groups excluding carboxylic acids is 1. The topological polar surface area (TPSA) is 40.5 Å². The highest BCUT2D eigenvalue weighted by Gasteiger charge is 2.32. The van der Waals surface area contributed by atoms with Gasteiger partial charge in [0, 0.05) is 12.1 Å². The van der Waals surface area contributed by atoms with Gasteiger partial charge in [-0.15, -0.1) is 0 Å². The average Bonchev–Trinajstić information content (AvgIpc) is 2.59. The predicted molar refractivity (Wildman–Crippen MR) is 92.2 cm³/mol. The second kappa shape index (κ2) is 15.4. The summed E-state index contributed by atoms with van der Waals surface area (Å²) >= 11 is 5.54. The minimum absolute atomic E-state index is 0.609. The first-order chi connectivity index (χ1) is 11.4. The fourth-order valence-electron chi connectivity index (χ4n) is 2.22. The van der Waals surface area contributed by atoms with Crippen LogP contribution in [0.2, 0.25) is 5.02 Å². The Kier molecular flexibility index (Phi) is 16.1. The van der Waals surface area contributed by atoms with Crippen LogP contribution in [-0.2, 0) is 4.79 Å². The van der Waals surface area contributed by atoms with Gasteiger partial charge in [-0.2, -0.15) is 13.2 Å². The molecule has 0 amide bonds. The quantitative estimate of drug-likeness (QED) is 0.838. The summed E-state index contributed by atoms with van der Waals surface area (Å²) in [5.74, 6) is 0.643. The van der Waals surface area contributed by atoms with Crippen molar-refractivity contribution in [2.45, 2.75) is 32.4 Å². The van der Waals surface area contributed by atoms with Crippen molar-refractivity contribution in [3.63, 3.8) is 0 Å². The predicted octanol–water partition coefficient (Wildman–Crippen LogP) is 4.43. The number of hydrogen-bond acceptors (Lipinski definition) is 3. The van der Waals surface area contributed by atoms with Crippen LogP contribution in [0.15, 0.2) is 30.3 Å². The van der Waals surface area contributed by atoms with Crippen LogP contribution in [-0.4, -0.2) is 49.7 Å². The molecule has 0 radical (unpaired) electrons. The lowest BCUT2D eigenvalue weighted by Gasteiger charge is -2.31. The Morgan fingerprint density at radius 1 is 1.17 bits per heavy atom. The monoisotopic (exact) mass is 369 g/mol. The molecule has 1 N–H and O–H groups in total. The summed E-state index contributed by atoms with van der Waals surface area (Å²) in [5, 5.41) is 7.79. The van der Waals surface area contributed by atoms with Crippen molar-refractivity contribution in [3.05, 3.63) is 35.4 Å². The number of nitrogens with zero attached hydrogens (tertiary/aromatic N) is 1. The number of likely N-dealkylation sites (tertiary alicyclic amines) is 1. The van der Waals surface area contributed by atoms with Crippen LogP contribution in [0.3, 0.4) is 0 Å². The van der Waals surface area contributed by atoms with Gasteiger partial charge < -0.3 is 9.90 Å². The van der Waals surface area contributed by atoms with Gasteiger partial charge in [0.15, 0.2) is 0 Å². The number of aliphatic hydroxyl groups excluding tert-OH is 1. The maximum atomic E-state index is 12.0. The van der Waals surface area contributed by atoms with E-state index in [1.807, 2.05) is 37.1 Å². The van der Waals surface area contributed by atoms with Crippen LogP contribution in [0.5, 0.6) is 0 Å². The first-order valence-corrected chi connectivity index (χ1v) is 8.01. The number of aliphatic hydroxyl groups is 1. The van der Waals surface area contributed by atoms with Gasteiger partial charge in [0.2, 0.25) is 0 Å². The van der Waals surface area contributed by atoms with E-state index in [2.05, 4.69) is 6.92 Å². The van der Waals surface area contributed by atoms with E-state index < -0.39 is 12.7 Å². The van der Waals surface area contributed by atoms with Crippen molar-refractivity contribution in [3.8, 4) is 0 Å². The summed E-state index contributed by atoms with van der Waals surface area (Å²) in [4.78, 5) is 9.51. The number of halogens is 4. The van der Waals surface area contributed by atoms with Crippen LogP contribution in [0, 0.1) is 5.92 Å². The molecule has 2 rings (SSSR count). The third kappa shape index (κ3) is 14.5. The highest BCUT2D eigenvalue weighted by atomic mass is 35.5. The highest BCUT2D eigenvalue weighted by molar-refractivity contribution is 6.30. The minimum atomic E-state index is -4.03. The summed E-state index contributed by atoms with van der Waals surface area (Å²) < 4.78 is 35.9. The van der Waals surface area contributed by atoms with E-state index in [1.54, 1.807) is 0 Å². The average molecular weight is 370 g/mol. The summed E-state index contributed by atoms with van der Waals surface area (Å²) in [6, 6.07) is 9.44. The lowest BCUT2D eigenvalue weighted by molar-refractivity contribution is -0.148. The second-order valence-electron chi connectivity index (χ2n) is 5.04. The van der Waals surface area contributed by atoms with Crippen LogP contribution in [0.25, 0.3) is 0 Å². The maximum Gasteiger partial charge on any atom is 0.401 e. The zero-order chi connectivity index (χ0) is 19.0. The van der Waals surface area contributed by atoms with Crippen molar-refractivity contribution in [2.75, 3.05) is 26.7 Å². The molecule has 0 aromatic heterocycles. The smallest absolute Gasteiger partial charge is 0.400 e. The van der Waals surface area contributed by atoms with Crippen LogP contribution >= 0.6 is 11.6 Å².